The lowest BCUT2D eigenvalue weighted by Crippen LogP contribution is -2.29. The summed E-state index contributed by atoms with van der Waals surface area (Å²) in [6.07, 6.45) is 0.669. The molecule has 0 unspecified atom stereocenters. The number of amides is 1. The molecule has 32 heavy (non-hydrogen) atoms. The van der Waals surface area contributed by atoms with E-state index in [2.05, 4.69) is 5.32 Å². The molecule has 166 valence electrons. The molecular weight excluding hydrogens is 448 g/mol. The van der Waals surface area contributed by atoms with Crippen LogP contribution in [-0.4, -0.2) is 27.5 Å². The van der Waals surface area contributed by atoms with Gasteiger partial charge in [-0.05, 0) is 48.7 Å². The second kappa shape index (κ2) is 9.22. The number of nitrogens with one attached hydrogen (secondary N) is 1. The van der Waals surface area contributed by atoms with Crippen molar-refractivity contribution in [3.05, 3.63) is 88.4 Å². The van der Waals surface area contributed by atoms with Gasteiger partial charge < -0.3 is 10.1 Å². The first kappa shape index (κ1) is 22.2. The molecule has 1 heterocycles. The van der Waals surface area contributed by atoms with Gasteiger partial charge in [-0.3, -0.25) is 9.10 Å². The summed E-state index contributed by atoms with van der Waals surface area (Å²) in [5, 5.41) is 2.92. The Balaban J connectivity index is 1.39. The lowest BCUT2D eigenvalue weighted by molar-refractivity contribution is -0.123. The number of benzene rings is 3. The fourth-order valence-electron chi connectivity index (χ4n) is 3.66. The van der Waals surface area contributed by atoms with Crippen molar-refractivity contribution in [3.8, 4) is 5.75 Å². The number of carbonyl (C=O) groups is 1. The molecule has 0 aromatic heterocycles. The Morgan fingerprint density at radius 1 is 1.09 bits per heavy atom. The predicted molar refractivity (Wildman–Crippen MR) is 125 cm³/mol. The van der Waals surface area contributed by atoms with E-state index in [1.165, 1.54) is 22.5 Å². The van der Waals surface area contributed by atoms with E-state index in [-0.39, 0.29) is 28.2 Å². The van der Waals surface area contributed by atoms with Crippen LogP contribution in [0.5, 0.6) is 5.75 Å². The van der Waals surface area contributed by atoms with Gasteiger partial charge in [0.2, 0.25) is 0 Å². The zero-order valence-corrected chi connectivity index (χ0v) is 19.1. The second-order valence-electron chi connectivity index (χ2n) is 7.60. The van der Waals surface area contributed by atoms with E-state index < -0.39 is 10.0 Å². The Kier molecular flexibility index (Phi) is 6.39. The van der Waals surface area contributed by atoms with Gasteiger partial charge in [0.25, 0.3) is 15.9 Å². The van der Waals surface area contributed by atoms with Crippen LogP contribution in [-0.2, 0) is 27.8 Å². The van der Waals surface area contributed by atoms with Gasteiger partial charge in [-0.2, -0.15) is 0 Å². The standard InChI is InChI=1S/C24H23ClN2O4S/c1-17-5-4-6-18(13-17)15-26-24(28)16-31-23-10-9-20(14-21(23)25)32(29,30)27-12-11-19-7-2-3-8-22(19)27/h2-10,13-14H,11-12,15-16H2,1H3,(H,26,28). The molecule has 0 radical (unpaired) electrons. The number of nitrogens with zero attached hydrogens (tertiary/aromatic N) is 1. The maximum atomic E-state index is 13.1. The number of anilines is 1. The lowest BCUT2D eigenvalue weighted by Gasteiger charge is -2.20. The minimum absolute atomic E-state index is 0.0791. The molecule has 0 bridgehead atoms. The van der Waals surface area contributed by atoms with Crippen LogP contribution in [0.2, 0.25) is 5.02 Å². The van der Waals surface area contributed by atoms with Gasteiger partial charge in [0.05, 0.1) is 15.6 Å². The van der Waals surface area contributed by atoms with Crippen LogP contribution in [0.4, 0.5) is 5.69 Å². The molecule has 0 aliphatic carbocycles. The van der Waals surface area contributed by atoms with Gasteiger partial charge >= 0.3 is 0 Å². The molecule has 1 aliphatic heterocycles. The Morgan fingerprint density at radius 2 is 1.91 bits per heavy atom. The van der Waals surface area contributed by atoms with E-state index >= 15 is 0 Å². The third kappa shape index (κ3) is 4.74. The van der Waals surface area contributed by atoms with Crippen LogP contribution < -0.4 is 14.4 Å². The number of sulfonamides is 1. The van der Waals surface area contributed by atoms with Gasteiger partial charge in [0, 0.05) is 13.1 Å². The molecule has 0 spiro atoms. The first-order valence-electron chi connectivity index (χ1n) is 10.2. The minimum atomic E-state index is -3.75. The lowest BCUT2D eigenvalue weighted by atomic mass is 10.1. The van der Waals surface area contributed by atoms with E-state index in [1.54, 1.807) is 6.07 Å². The summed E-state index contributed by atoms with van der Waals surface area (Å²) >= 11 is 6.28. The smallest absolute Gasteiger partial charge is 0.264 e. The van der Waals surface area contributed by atoms with Crippen molar-refractivity contribution in [2.75, 3.05) is 17.5 Å². The number of fused-ring (bicyclic) bond motifs is 1. The highest BCUT2D eigenvalue weighted by molar-refractivity contribution is 7.92. The van der Waals surface area contributed by atoms with Crippen molar-refractivity contribution in [3.63, 3.8) is 0 Å². The van der Waals surface area contributed by atoms with Gasteiger partial charge in [0.1, 0.15) is 5.75 Å². The summed E-state index contributed by atoms with van der Waals surface area (Å²) in [6, 6.07) is 19.6. The van der Waals surface area contributed by atoms with Gasteiger partial charge in [-0.1, -0.05) is 59.6 Å². The normalized spacial score (nSPS) is 13.0. The maximum Gasteiger partial charge on any atom is 0.264 e. The molecule has 0 fully saturated rings. The minimum Gasteiger partial charge on any atom is -0.482 e. The van der Waals surface area contributed by atoms with E-state index in [9.17, 15) is 13.2 Å². The zero-order valence-electron chi connectivity index (χ0n) is 17.5. The molecule has 3 aromatic rings. The van der Waals surface area contributed by atoms with E-state index in [1.807, 2.05) is 49.4 Å². The van der Waals surface area contributed by atoms with Crippen molar-refractivity contribution in [2.45, 2.75) is 24.8 Å². The summed E-state index contributed by atoms with van der Waals surface area (Å²) in [5.74, 6) is -0.0499. The van der Waals surface area contributed by atoms with Crippen LogP contribution >= 0.6 is 11.6 Å². The number of para-hydroxylation sites is 1. The quantitative estimate of drug-likeness (QED) is 0.564. The van der Waals surface area contributed by atoms with Crippen molar-refractivity contribution >= 4 is 33.2 Å². The van der Waals surface area contributed by atoms with E-state index in [0.29, 0.717) is 25.2 Å². The average molecular weight is 471 g/mol. The fourth-order valence-corrected chi connectivity index (χ4v) is 5.49. The molecule has 8 heteroatoms. The molecular formula is C24H23ClN2O4S. The summed E-state index contributed by atoms with van der Waals surface area (Å²) in [6.45, 7) is 2.55. The SMILES string of the molecule is Cc1cccc(CNC(=O)COc2ccc(S(=O)(=O)N3CCc4ccccc43)cc2Cl)c1. The molecule has 0 saturated heterocycles. The topological polar surface area (TPSA) is 75.7 Å². The molecule has 6 nitrogen and oxygen atoms in total. The van der Waals surface area contributed by atoms with E-state index in [4.69, 9.17) is 16.3 Å². The third-order valence-electron chi connectivity index (χ3n) is 5.27. The third-order valence-corrected chi connectivity index (χ3v) is 7.37. The number of hydrogen-bond donors (Lipinski definition) is 1. The molecule has 0 saturated carbocycles. The van der Waals surface area contributed by atoms with Crippen LogP contribution in [0.3, 0.4) is 0 Å². The van der Waals surface area contributed by atoms with Gasteiger partial charge in [-0.15, -0.1) is 0 Å². The van der Waals surface area contributed by atoms with E-state index in [0.717, 1.165) is 16.7 Å². The Hall–Kier alpha value is -3.03. The summed E-state index contributed by atoms with van der Waals surface area (Å²) in [7, 11) is -3.75. The number of rotatable bonds is 7. The monoisotopic (exact) mass is 470 g/mol. The predicted octanol–water partition coefficient (Wildman–Crippen LogP) is 4.10. The maximum absolute atomic E-state index is 13.1. The van der Waals surface area contributed by atoms with Crippen molar-refractivity contribution in [2.24, 2.45) is 0 Å². The highest BCUT2D eigenvalue weighted by Gasteiger charge is 2.31. The van der Waals surface area contributed by atoms with Crippen molar-refractivity contribution in [1.82, 2.24) is 5.32 Å². The van der Waals surface area contributed by atoms with Gasteiger partial charge in [-0.25, -0.2) is 8.42 Å². The summed E-state index contributed by atoms with van der Waals surface area (Å²) < 4.78 is 33.2. The van der Waals surface area contributed by atoms with Crippen LogP contribution in [0.1, 0.15) is 16.7 Å². The van der Waals surface area contributed by atoms with Gasteiger partial charge in [0.15, 0.2) is 6.61 Å². The average Bonchev–Trinajstić information content (AvgIpc) is 3.22. The molecule has 1 amide bonds. The summed E-state index contributed by atoms with van der Waals surface area (Å²) in [4.78, 5) is 12.2. The highest BCUT2D eigenvalue weighted by atomic mass is 35.5. The number of aryl methyl sites for hydroxylation is 1. The highest BCUT2D eigenvalue weighted by Crippen LogP contribution is 2.35. The number of hydrogen-bond acceptors (Lipinski definition) is 4. The molecule has 3 aromatic carbocycles. The first-order valence-corrected chi connectivity index (χ1v) is 12.0. The second-order valence-corrected chi connectivity index (χ2v) is 9.87. The van der Waals surface area contributed by atoms with Crippen molar-refractivity contribution in [1.29, 1.82) is 0 Å². The van der Waals surface area contributed by atoms with Crippen LogP contribution in [0.25, 0.3) is 0 Å². The fraction of sp³-hybridized carbons (Fsp3) is 0.208. The largest absolute Gasteiger partial charge is 0.482 e. The molecule has 4 rings (SSSR count). The Morgan fingerprint density at radius 3 is 2.69 bits per heavy atom. The van der Waals surface area contributed by atoms with Crippen LogP contribution in [0.15, 0.2) is 71.6 Å². The Labute approximate surface area is 192 Å². The molecule has 0 atom stereocenters. The van der Waals surface area contributed by atoms with Crippen molar-refractivity contribution < 1.29 is 17.9 Å². The first-order chi connectivity index (χ1) is 15.3. The molecule has 1 N–H and O–H groups in total. The number of halogens is 1. The molecule has 1 aliphatic rings. The number of carbonyl (C=O) groups excluding carboxylic acids is 1. The zero-order chi connectivity index (χ0) is 22.7. The summed E-state index contributed by atoms with van der Waals surface area (Å²) in [5.41, 5.74) is 3.80. The Bertz CT molecular complexity index is 1260. The number of ether oxygens (including phenoxy) is 1. The van der Waals surface area contributed by atoms with Crippen LogP contribution in [0, 0.1) is 6.92 Å².